The second-order valence-electron chi connectivity index (χ2n) is 5.79. The van der Waals surface area contributed by atoms with E-state index in [4.69, 9.17) is 0 Å². The van der Waals surface area contributed by atoms with Gasteiger partial charge in [-0.1, -0.05) is 26.8 Å². The number of benzene rings is 1. The lowest BCUT2D eigenvalue weighted by Gasteiger charge is -2.17. The van der Waals surface area contributed by atoms with Crippen molar-refractivity contribution in [1.82, 2.24) is 5.32 Å². The molecule has 4 nitrogen and oxygen atoms in total. The van der Waals surface area contributed by atoms with E-state index in [9.17, 15) is 14.0 Å². The van der Waals surface area contributed by atoms with E-state index in [-0.39, 0.29) is 30.5 Å². The molecule has 0 aliphatic rings. The molecule has 0 bridgehead atoms. The summed E-state index contributed by atoms with van der Waals surface area (Å²) in [6.45, 7) is 7.44. The zero-order valence-corrected chi connectivity index (χ0v) is 12.3. The standard InChI is InChI=1S/C15H21FN2O2/c1-10-5-6-11(16)12(9-10)18-13(19)7-8-17-14(20)15(2,3)4/h5-6,9H,7-8H2,1-4H3,(H,17,20)(H,18,19). The SMILES string of the molecule is Cc1ccc(F)c(NC(=O)CCNC(=O)C(C)(C)C)c1. The van der Waals surface area contributed by atoms with Gasteiger partial charge in [0.2, 0.25) is 11.8 Å². The highest BCUT2D eigenvalue weighted by atomic mass is 19.1. The van der Waals surface area contributed by atoms with Gasteiger partial charge in [0.05, 0.1) is 5.69 Å². The summed E-state index contributed by atoms with van der Waals surface area (Å²) in [7, 11) is 0. The monoisotopic (exact) mass is 280 g/mol. The Balaban J connectivity index is 2.45. The molecule has 1 aromatic rings. The van der Waals surface area contributed by atoms with Gasteiger partial charge in [-0.15, -0.1) is 0 Å². The third kappa shape index (κ3) is 4.99. The molecule has 0 saturated heterocycles. The van der Waals surface area contributed by atoms with Gasteiger partial charge in [-0.2, -0.15) is 0 Å². The van der Waals surface area contributed by atoms with Crippen LogP contribution in [0.25, 0.3) is 0 Å². The fraction of sp³-hybridized carbons (Fsp3) is 0.467. The van der Waals surface area contributed by atoms with E-state index in [0.717, 1.165) is 5.56 Å². The molecule has 0 atom stereocenters. The van der Waals surface area contributed by atoms with Crippen LogP contribution in [-0.2, 0) is 9.59 Å². The molecule has 0 aliphatic heterocycles. The van der Waals surface area contributed by atoms with E-state index in [1.54, 1.807) is 32.9 Å². The quantitative estimate of drug-likeness (QED) is 0.890. The smallest absolute Gasteiger partial charge is 0.226 e. The summed E-state index contributed by atoms with van der Waals surface area (Å²) in [6.07, 6.45) is 0.106. The number of carbonyl (C=O) groups excluding carboxylic acids is 2. The Labute approximate surface area is 118 Å². The minimum Gasteiger partial charge on any atom is -0.355 e. The van der Waals surface area contributed by atoms with Gasteiger partial charge in [0, 0.05) is 18.4 Å². The number of hydrogen-bond acceptors (Lipinski definition) is 2. The predicted octanol–water partition coefficient (Wildman–Crippen LogP) is 2.63. The number of rotatable bonds is 4. The van der Waals surface area contributed by atoms with Crippen LogP contribution < -0.4 is 10.6 Å². The molecule has 2 amide bonds. The fourth-order valence-corrected chi connectivity index (χ4v) is 1.50. The van der Waals surface area contributed by atoms with Gasteiger partial charge in [0.25, 0.3) is 0 Å². The third-order valence-electron chi connectivity index (χ3n) is 2.71. The summed E-state index contributed by atoms with van der Waals surface area (Å²) in [5.41, 5.74) is 0.541. The molecule has 2 N–H and O–H groups in total. The zero-order chi connectivity index (χ0) is 15.3. The molecule has 0 spiro atoms. The van der Waals surface area contributed by atoms with Crippen molar-refractivity contribution < 1.29 is 14.0 Å². The lowest BCUT2D eigenvalue weighted by Crippen LogP contribution is -2.36. The maximum atomic E-state index is 13.5. The van der Waals surface area contributed by atoms with Crippen molar-refractivity contribution in [3.63, 3.8) is 0 Å². The van der Waals surface area contributed by atoms with E-state index in [1.165, 1.54) is 6.07 Å². The van der Waals surface area contributed by atoms with Crippen LogP contribution in [0.5, 0.6) is 0 Å². The van der Waals surface area contributed by atoms with Gasteiger partial charge in [-0.05, 0) is 24.6 Å². The normalized spacial score (nSPS) is 11.1. The number of anilines is 1. The van der Waals surface area contributed by atoms with Crippen LogP contribution in [0.15, 0.2) is 18.2 Å². The molecule has 0 heterocycles. The molecule has 1 aromatic carbocycles. The number of halogens is 1. The van der Waals surface area contributed by atoms with Crippen molar-refractivity contribution in [2.75, 3.05) is 11.9 Å². The maximum absolute atomic E-state index is 13.5. The number of amides is 2. The average Bonchev–Trinajstić information content (AvgIpc) is 2.32. The molecule has 110 valence electrons. The lowest BCUT2D eigenvalue weighted by atomic mass is 9.96. The Morgan fingerprint density at radius 2 is 1.90 bits per heavy atom. The fourth-order valence-electron chi connectivity index (χ4n) is 1.50. The summed E-state index contributed by atoms with van der Waals surface area (Å²) in [4.78, 5) is 23.3. The maximum Gasteiger partial charge on any atom is 0.226 e. The molecular formula is C15H21FN2O2. The number of nitrogens with one attached hydrogen (secondary N) is 2. The molecule has 0 unspecified atom stereocenters. The second kappa shape index (κ2) is 6.50. The highest BCUT2D eigenvalue weighted by Gasteiger charge is 2.20. The number of hydrogen-bond donors (Lipinski definition) is 2. The van der Waals surface area contributed by atoms with Gasteiger partial charge in [-0.25, -0.2) is 4.39 Å². The Morgan fingerprint density at radius 1 is 1.25 bits per heavy atom. The number of aryl methyl sites for hydroxylation is 1. The first-order chi connectivity index (χ1) is 9.20. The van der Waals surface area contributed by atoms with E-state index < -0.39 is 11.2 Å². The second-order valence-corrected chi connectivity index (χ2v) is 5.79. The van der Waals surface area contributed by atoms with E-state index in [2.05, 4.69) is 10.6 Å². The first-order valence-electron chi connectivity index (χ1n) is 6.54. The first-order valence-corrected chi connectivity index (χ1v) is 6.54. The molecule has 20 heavy (non-hydrogen) atoms. The van der Waals surface area contributed by atoms with Crippen LogP contribution in [0.3, 0.4) is 0 Å². The topological polar surface area (TPSA) is 58.2 Å². The average molecular weight is 280 g/mol. The van der Waals surface area contributed by atoms with Crippen LogP contribution in [0.4, 0.5) is 10.1 Å². The molecule has 0 aliphatic carbocycles. The molecule has 1 rings (SSSR count). The predicted molar refractivity (Wildman–Crippen MR) is 76.8 cm³/mol. The Bertz CT molecular complexity index is 507. The largest absolute Gasteiger partial charge is 0.355 e. The summed E-state index contributed by atoms with van der Waals surface area (Å²) in [6, 6.07) is 4.52. The Hall–Kier alpha value is -1.91. The lowest BCUT2D eigenvalue weighted by molar-refractivity contribution is -0.128. The van der Waals surface area contributed by atoms with Crippen LogP contribution in [0.2, 0.25) is 0 Å². The summed E-state index contributed by atoms with van der Waals surface area (Å²) >= 11 is 0. The van der Waals surface area contributed by atoms with Crippen molar-refractivity contribution in [3.8, 4) is 0 Å². The van der Waals surface area contributed by atoms with E-state index in [1.807, 2.05) is 6.92 Å². The van der Waals surface area contributed by atoms with Crippen LogP contribution in [0, 0.1) is 18.2 Å². The van der Waals surface area contributed by atoms with Crippen LogP contribution >= 0.6 is 0 Å². The van der Waals surface area contributed by atoms with Crippen molar-refractivity contribution in [2.24, 2.45) is 5.41 Å². The molecule has 0 fully saturated rings. The van der Waals surface area contributed by atoms with Gasteiger partial charge >= 0.3 is 0 Å². The molecule has 0 radical (unpaired) electrons. The van der Waals surface area contributed by atoms with Crippen molar-refractivity contribution >= 4 is 17.5 Å². The molecule has 0 saturated carbocycles. The first kappa shape index (κ1) is 16.1. The van der Waals surface area contributed by atoms with Crippen LogP contribution in [0.1, 0.15) is 32.8 Å². The minimum atomic E-state index is -0.487. The van der Waals surface area contributed by atoms with Gasteiger partial charge in [0.1, 0.15) is 5.82 Å². The highest BCUT2D eigenvalue weighted by molar-refractivity contribution is 5.91. The van der Waals surface area contributed by atoms with Crippen molar-refractivity contribution in [2.45, 2.75) is 34.1 Å². The summed E-state index contributed by atoms with van der Waals surface area (Å²) in [5, 5.41) is 5.17. The summed E-state index contributed by atoms with van der Waals surface area (Å²) in [5.74, 6) is -0.918. The molecule has 0 aromatic heterocycles. The minimum absolute atomic E-state index is 0.106. The number of carbonyl (C=O) groups is 2. The van der Waals surface area contributed by atoms with Gasteiger partial charge in [0.15, 0.2) is 0 Å². The van der Waals surface area contributed by atoms with Gasteiger partial charge in [-0.3, -0.25) is 9.59 Å². The van der Waals surface area contributed by atoms with E-state index >= 15 is 0 Å². The van der Waals surface area contributed by atoms with E-state index in [0.29, 0.717) is 0 Å². The Morgan fingerprint density at radius 3 is 2.50 bits per heavy atom. The Kier molecular flexibility index (Phi) is 5.25. The highest BCUT2D eigenvalue weighted by Crippen LogP contribution is 2.16. The van der Waals surface area contributed by atoms with Crippen molar-refractivity contribution in [1.29, 1.82) is 0 Å². The zero-order valence-electron chi connectivity index (χ0n) is 12.3. The van der Waals surface area contributed by atoms with Crippen LogP contribution in [-0.4, -0.2) is 18.4 Å². The third-order valence-corrected chi connectivity index (χ3v) is 2.71. The van der Waals surface area contributed by atoms with Crippen molar-refractivity contribution in [3.05, 3.63) is 29.6 Å². The molecular weight excluding hydrogens is 259 g/mol. The summed E-state index contributed by atoms with van der Waals surface area (Å²) < 4.78 is 13.5. The van der Waals surface area contributed by atoms with Gasteiger partial charge < -0.3 is 10.6 Å². The molecule has 5 heteroatoms.